The molecule has 0 unspecified atom stereocenters. The van der Waals surface area contributed by atoms with Crippen LogP contribution in [-0.2, 0) is 0 Å². The predicted molar refractivity (Wildman–Crippen MR) is 48.2 cm³/mol. The Kier molecular flexibility index (Phi) is 3.41. The van der Waals surface area contributed by atoms with E-state index in [1.807, 2.05) is 0 Å². The summed E-state index contributed by atoms with van der Waals surface area (Å²) in [4.78, 5) is 10.5. The van der Waals surface area contributed by atoms with Gasteiger partial charge in [-0.3, -0.25) is 4.79 Å². The molecule has 0 bridgehead atoms. The molecular weight excluding hydrogens is 214 g/mol. The van der Waals surface area contributed by atoms with Gasteiger partial charge >= 0.3 is 6.61 Å². The van der Waals surface area contributed by atoms with Crippen LogP contribution in [0.4, 0.5) is 8.78 Å². The maximum absolute atomic E-state index is 11.8. The average Bonchev–Trinajstić information content (AvgIpc) is 2.01. The van der Waals surface area contributed by atoms with Crippen molar-refractivity contribution in [2.75, 3.05) is 0 Å². The number of hydrogen-bond donors (Lipinski definition) is 0. The highest BCUT2D eigenvalue weighted by molar-refractivity contribution is 6.33. The molecule has 5 heteroatoms. The van der Waals surface area contributed by atoms with Crippen molar-refractivity contribution in [3.63, 3.8) is 0 Å². The minimum Gasteiger partial charge on any atom is -0.435 e. The van der Waals surface area contributed by atoms with Gasteiger partial charge in [-0.1, -0.05) is 11.6 Å². The summed E-state index contributed by atoms with van der Waals surface area (Å²) in [6.45, 7) is -1.30. The number of hydrogen-bond acceptors (Lipinski definition) is 2. The molecule has 0 radical (unpaired) electrons. The molecule has 1 aromatic carbocycles. The fraction of sp³-hybridized carbons (Fsp3) is 0.222. The highest BCUT2D eigenvalue weighted by Crippen LogP contribution is 2.26. The maximum Gasteiger partial charge on any atom is 0.387 e. The molecule has 0 atom stereocenters. The van der Waals surface area contributed by atoms with Crippen molar-refractivity contribution in [1.82, 2.24) is 0 Å². The van der Waals surface area contributed by atoms with E-state index in [1.165, 1.54) is 12.1 Å². The van der Waals surface area contributed by atoms with E-state index in [1.54, 1.807) is 6.92 Å². The summed E-state index contributed by atoms with van der Waals surface area (Å²) < 4.78 is 27.8. The van der Waals surface area contributed by atoms with Crippen molar-refractivity contribution < 1.29 is 18.3 Å². The van der Waals surface area contributed by atoms with E-state index in [2.05, 4.69) is 4.74 Å². The molecule has 14 heavy (non-hydrogen) atoms. The lowest BCUT2D eigenvalue weighted by molar-refractivity contribution is -0.0498. The molecule has 0 fully saturated rings. The van der Waals surface area contributed by atoms with Crippen LogP contribution in [0, 0.1) is 6.92 Å². The van der Waals surface area contributed by atoms with E-state index in [9.17, 15) is 13.6 Å². The first-order valence-electron chi connectivity index (χ1n) is 3.74. The Morgan fingerprint density at radius 2 is 2.14 bits per heavy atom. The highest BCUT2D eigenvalue weighted by Gasteiger charge is 2.09. The van der Waals surface area contributed by atoms with Crippen LogP contribution in [0.1, 0.15) is 15.9 Å². The van der Waals surface area contributed by atoms with Crippen molar-refractivity contribution >= 4 is 17.9 Å². The van der Waals surface area contributed by atoms with E-state index in [0.29, 0.717) is 11.8 Å². The summed E-state index contributed by atoms with van der Waals surface area (Å²) in [6, 6.07) is 2.52. The maximum atomic E-state index is 11.8. The monoisotopic (exact) mass is 220 g/mol. The number of carbonyl (C=O) groups is 1. The summed E-state index contributed by atoms with van der Waals surface area (Å²) >= 11 is 5.66. The molecule has 0 aromatic heterocycles. The number of benzene rings is 1. The van der Waals surface area contributed by atoms with Crippen molar-refractivity contribution in [2.24, 2.45) is 0 Å². The fourth-order valence-electron chi connectivity index (χ4n) is 1.04. The van der Waals surface area contributed by atoms with Gasteiger partial charge in [-0.25, -0.2) is 0 Å². The third-order valence-corrected chi connectivity index (χ3v) is 1.97. The zero-order valence-corrected chi connectivity index (χ0v) is 8.02. The molecule has 0 N–H and O–H groups in total. The zero-order valence-electron chi connectivity index (χ0n) is 7.26. The van der Waals surface area contributed by atoms with Gasteiger partial charge in [0.2, 0.25) is 0 Å². The van der Waals surface area contributed by atoms with Gasteiger partial charge in [0.05, 0.1) is 5.02 Å². The average molecular weight is 221 g/mol. The quantitative estimate of drug-likeness (QED) is 0.732. The van der Waals surface area contributed by atoms with Gasteiger partial charge in [-0.05, 0) is 24.6 Å². The number of halogens is 3. The Labute approximate surface area is 84.4 Å². The van der Waals surface area contributed by atoms with Crippen LogP contribution in [0.5, 0.6) is 5.75 Å². The van der Waals surface area contributed by atoms with Crippen molar-refractivity contribution in [2.45, 2.75) is 13.5 Å². The number of rotatable bonds is 3. The van der Waals surface area contributed by atoms with Crippen molar-refractivity contribution in [3.05, 3.63) is 28.3 Å². The summed E-state index contributed by atoms with van der Waals surface area (Å²) in [5.74, 6) is -0.0481. The first-order valence-corrected chi connectivity index (χ1v) is 4.12. The molecule has 0 spiro atoms. The summed E-state index contributed by atoms with van der Waals surface area (Å²) in [6.07, 6.45) is 0.573. The highest BCUT2D eigenvalue weighted by atomic mass is 35.5. The first kappa shape index (κ1) is 10.9. The van der Waals surface area contributed by atoms with Crippen LogP contribution in [0.25, 0.3) is 0 Å². The molecule has 76 valence electrons. The number of ether oxygens (including phenoxy) is 1. The summed E-state index contributed by atoms with van der Waals surface area (Å²) in [7, 11) is 0. The second-order valence-corrected chi connectivity index (χ2v) is 3.04. The standard InChI is InChI=1S/C9H7ClF2O2/c1-5-2-6(14-9(11)12)3-8(10)7(5)4-13/h2-4,9H,1H3. The number of aldehydes is 1. The van der Waals surface area contributed by atoms with Gasteiger partial charge in [0.1, 0.15) is 5.75 Å². The molecule has 0 aliphatic carbocycles. The van der Waals surface area contributed by atoms with Crippen LogP contribution in [0.2, 0.25) is 5.02 Å². The molecule has 0 saturated carbocycles. The Morgan fingerprint density at radius 3 is 2.57 bits per heavy atom. The largest absolute Gasteiger partial charge is 0.435 e. The van der Waals surface area contributed by atoms with Gasteiger partial charge < -0.3 is 4.74 Å². The van der Waals surface area contributed by atoms with Crippen molar-refractivity contribution in [3.8, 4) is 5.75 Å². The third-order valence-electron chi connectivity index (χ3n) is 1.65. The van der Waals surface area contributed by atoms with Gasteiger partial charge in [0, 0.05) is 5.56 Å². The number of aryl methyl sites for hydroxylation is 1. The van der Waals surface area contributed by atoms with Crippen LogP contribution < -0.4 is 4.74 Å². The number of carbonyl (C=O) groups excluding carboxylic acids is 1. The molecule has 0 heterocycles. The Morgan fingerprint density at radius 1 is 1.50 bits per heavy atom. The topological polar surface area (TPSA) is 26.3 Å². The second kappa shape index (κ2) is 4.37. The smallest absolute Gasteiger partial charge is 0.387 e. The van der Waals surface area contributed by atoms with E-state index >= 15 is 0 Å². The molecule has 1 rings (SSSR count). The minimum absolute atomic E-state index is 0.0481. The van der Waals surface area contributed by atoms with Crippen LogP contribution in [-0.4, -0.2) is 12.9 Å². The molecule has 2 nitrogen and oxygen atoms in total. The van der Waals surface area contributed by atoms with Crippen molar-refractivity contribution in [1.29, 1.82) is 0 Å². The van der Waals surface area contributed by atoms with E-state index < -0.39 is 6.61 Å². The van der Waals surface area contributed by atoms with Gasteiger partial charge in [0.15, 0.2) is 6.29 Å². The Hall–Kier alpha value is -1.16. The first-order chi connectivity index (χ1) is 6.54. The molecule has 0 amide bonds. The molecule has 1 aromatic rings. The van der Waals surface area contributed by atoms with Gasteiger partial charge in [-0.2, -0.15) is 8.78 Å². The van der Waals surface area contributed by atoms with Crippen LogP contribution in [0.3, 0.4) is 0 Å². The van der Waals surface area contributed by atoms with Gasteiger partial charge in [0.25, 0.3) is 0 Å². The third kappa shape index (κ3) is 2.42. The van der Waals surface area contributed by atoms with Crippen LogP contribution >= 0.6 is 11.6 Å². The minimum atomic E-state index is -2.90. The molecule has 0 saturated heterocycles. The SMILES string of the molecule is Cc1cc(OC(F)F)cc(Cl)c1C=O. The second-order valence-electron chi connectivity index (χ2n) is 2.63. The van der Waals surface area contributed by atoms with E-state index in [4.69, 9.17) is 11.6 Å². The molecule has 0 aliphatic rings. The van der Waals surface area contributed by atoms with E-state index in [-0.39, 0.29) is 16.3 Å². The lowest BCUT2D eigenvalue weighted by Gasteiger charge is -2.07. The normalized spacial score (nSPS) is 10.4. The molecular formula is C9H7ClF2O2. The Balaban J connectivity index is 3.07. The lowest BCUT2D eigenvalue weighted by Crippen LogP contribution is -2.02. The molecule has 0 aliphatic heterocycles. The fourth-order valence-corrected chi connectivity index (χ4v) is 1.35. The van der Waals surface area contributed by atoms with Gasteiger partial charge in [-0.15, -0.1) is 0 Å². The van der Waals surface area contributed by atoms with Crippen LogP contribution in [0.15, 0.2) is 12.1 Å². The summed E-state index contributed by atoms with van der Waals surface area (Å²) in [5.41, 5.74) is 0.788. The predicted octanol–water partition coefficient (Wildman–Crippen LogP) is 3.06. The Bertz CT molecular complexity index is 330. The zero-order chi connectivity index (χ0) is 10.7. The van der Waals surface area contributed by atoms with E-state index in [0.717, 1.165) is 0 Å². The lowest BCUT2D eigenvalue weighted by atomic mass is 10.1. The summed E-state index contributed by atoms with van der Waals surface area (Å²) in [5, 5.41) is 0.107. The number of alkyl halides is 2.